The molecule has 2 aromatic carbocycles. The van der Waals surface area contributed by atoms with Gasteiger partial charge in [-0.1, -0.05) is 40.2 Å². The molecule has 5 nitrogen and oxygen atoms in total. The van der Waals surface area contributed by atoms with E-state index in [4.69, 9.17) is 0 Å². The van der Waals surface area contributed by atoms with E-state index in [1.165, 1.54) is 12.1 Å². The molecule has 0 spiro atoms. The molecule has 0 fully saturated rings. The molecule has 0 saturated carbocycles. The minimum Gasteiger partial charge on any atom is -0.316 e. The summed E-state index contributed by atoms with van der Waals surface area (Å²) in [6.07, 6.45) is 0. The third-order valence-electron chi connectivity index (χ3n) is 2.72. The number of alkyl halides is 1. The number of hydrogen-bond donors (Lipinski definition) is 1. The van der Waals surface area contributed by atoms with Crippen molar-refractivity contribution in [2.24, 2.45) is 0 Å². The van der Waals surface area contributed by atoms with Gasteiger partial charge in [0.15, 0.2) is 0 Å². The average Bonchev–Trinajstić information content (AvgIpc) is 2.47. The van der Waals surface area contributed by atoms with E-state index in [9.17, 15) is 14.9 Å². The number of amides is 1. The molecule has 102 valence electrons. The number of nitrogens with one attached hydrogen (secondary N) is 1. The first-order chi connectivity index (χ1) is 9.61. The summed E-state index contributed by atoms with van der Waals surface area (Å²) < 4.78 is 0. The molecule has 0 unspecified atom stereocenters. The van der Waals surface area contributed by atoms with Gasteiger partial charge in [0, 0.05) is 17.0 Å². The van der Waals surface area contributed by atoms with Crippen molar-refractivity contribution in [2.75, 3.05) is 5.32 Å². The smallest absolute Gasteiger partial charge is 0.292 e. The summed E-state index contributed by atoms with van der Waals surface area (Å²) in [5.74, 6) is -0.375. The van der Waals surface area contributed by atoms with Gasteiger partial charge in [-0.15, -0.1) is 0 Å². The van der Waals surface area contributed by atoms with Crippen LogP contribution in [-0.4, -0.2) is 10.8 Å². The zero-order valence-corrected chi connectivity index (χ0v) is 12.0. The van der Waals surface area contributed by atoms with Crippen molar-refractivity contribution >= 4 is 33.2 Å². The van der Waals surface area contributed by atoms with Crippen molar-refractivity contribution in [3.8, 4) is 0 Å². The van der Waals surface area contributed by atoms with Crippen LogP contribution in [0.25, 0.3) is 0 Å². The Hall–Kier alpha value is -2.21. The highest BCUT2D eigenvalue weighted by Gasteiger charge is 2.15. The predicted molar refractivity (Wildman–Crippen MR) is 80.1 cm³/mol. The van der Waals surface area contributed by atoms with Gasteiger partial charge in [-0.05, 0) is 23.8 Å². The summed E-state index contributed by atoms with van der Waals surface area (Å²) in [5.41, 5.74) is 1.56. The van der Waals surface area contributed by atoms with E-state index in [0.29, 0.717) is 10.9 Å². The summed E-state index contributed by atoms with van der Waals surface area (Å²) >= 11 is 3.32. The van der Waals surface area contributed by atoms with E-state index < -0.39 is 4.92 Å². The molecule has 1 amide bonds. The second-order valence-corrected chi connectivity index (χ2v) is 4.62. The maximum atomic E-state index is 12.0. The van der Waals surface area contributed by atoms with Crippen LogP contribution in [0.5, 0.6) is 0 Å². The third-order valence-corrected chi connectivity index (χ3v) is 3.37. The Labute approximate surface area is 123 Å². The molecule has 2 aromatic rings. The Kier molecular flexibility index (Phi) is 4.47. The Balaban J connectivity index is 2.21. The standard InChI is InChI=1S/C14H11BrN2O3/c15-9-10-5-7-11(8-6-10)14(18)16-12-3-1-2-4-13(12)17(19)20/h1-8H,9H2,(H,16,18). The van der Waals surface area contributed by atoms with E-state index in [0.717, 1.165) is 5.56 Å². The number of anilines is 1. The summed E-state index contributed by atoms with van der Waals surface area (Å²) in [6.45, 7) is 0. The van der Waals surface area contributed by atoms with Crippen LogP contribution in [0, 0.1) is 10.1 Å². The zero-order valence-electron chi connectivity index (χ0n) is 10.4. The normalized spacial score (nSPS) is 10.1. The lowest BCUT2D eigenvalue weighted by molar-refractivity contribution is -0.383. The molecule has 20 heavy (non-hydrogen) atoms. The van der Waals surface area contributed by atoms with E-state index in [2.05, 4.69) is 21.2 Å². The van der Waals surface area contributed by atoms with Crippen LogP contribution in [0.1, 0.15) is 15.9 Å². The fraction of sp³-hybridized carbons (Fsp3) is 0.0714. The molecule has 2 rings (SSSR count). The molecule has 0 saturated heterocycles. The number of carbonyl (C=O) groups excluding carboxylic acids is 1. The first-order valence-corrected chi connectivity index (χ1v) is 6.93. The lowest BCUT2D eigenvalue weighted by Crippen LogP contribution is -2.13. The highest BCUT2D eigenvalue weighted by atomic mass is 79.9. The van der Waals surface area contributed by atoms with E-state index >= 15 is 0 Å². The van der Waals surface area contributed by atoms with Gasteiger partial charge in [0.05, 0.1) is 4.92 Å². The first-order valence-electron chi connectivity index (χ1n) is 5.81. The van der Waals surface area contributed by atoms with Crippen LogP contribution in [0.15, 0.2) is 48.5 Å². The first kappa shape index (κ1) is 14.2. The number of halogens is 1. The minimum atomic E-state index is -0.524. The van der Waals surface area contributed by atoms with Crippen LogP contribution in [0.3, 0.4) is 0 Å². The summed E-state index contributed by atoms with van der Waals surface area (Å²) in [5, 5.41) is 14.1. The topological polar surface area (TPSA) is 72.2 Å². The van der Waals surface area contributed by atoms with E-state index in [-0.39, 0.29) is 17.3 Å². The maximum absolute atomic E-state index is 12.0. The van der Waals surface area contributed by atoms with Gasteiger partial charge < -0.3 is 5.32 Å². The van der Waals surface area contributed by atoms with Gasteiger partial charge in [-0.25, -0.2) is 0 Å². The van der Waals surface area contributed by atoms with Crippen LogP contribution < -0.4 is 5.32 Å². The maximum Gasteiger partial charge on any atom is 0.292 e. The van der Waals surface area contributed by atoms with Crippen molar-refractivity contribution in [1.29, 1.82) is 0 Å². The third kappa shape index (κ3) is 3.21. The Morgan fingerprint density at radius 3 is 2.40 bits per heavy atom. The molecule has 6 heteroatoms. The van der Waals surface area contributed by atoms with Crippen LogP contribution in [0.4, 0.5) is 11.4 Å². The Bertz CT molecular complexity index is 641. The van der Waals surface area contributed by atoms with E-state index in [1.54, 1.807) is 24.3 Å². The highest BCUT2D eigenvalue weighted by Crippen LogP contribution is 2.23. The lowest BCUT2D eigenvalue weighted by atomic mass is 10.1. The molecule has 0 heterocycles. The van der Waals surface area contributed by atoms with Crippen molar-refractivity contribution in [2.45, 2.75) is 5.33 Å². The number of benzene rings is 2. The largest absolute Gasteiger partial charge is 0.316 e. The molecular weight excluding hydrogens is 324 g/mol. The number of rotatable bonds is 4. The van der Waals surface area contributed by atoms with Gasteiger partial charge in [-0.2, -0.15) is 0 Å². The van der Waals surface area contributed by atoms with Gasteiger partial charge in [0.2, 0.25) is 0 Å². The van der Waals surface area contributed by atoms with Gasteiger partial charge >= 0.3 is 0 Å². The molecular formula is C14H11BrN2O3. The number of hydrogen-bond acceptors (Lipinski definition) is 3. The lowest BCUT2D eigenvalue weighted by Gasteiger charge is -2.06. The fourth-order valence-corrected chi connectivity index (χ4v) is 2.05. The fourth-order valence-electron chi connectivity index (χ4n) is 1.68. The van der Waals surface area contributed by atoms with Gasteiger partial charge in [-0.3, -0.25) is 14.9 Å². The molecule has 0 aliphatic carbocycles. The summed E-state index contributed by atoms with van der Waals surface area (Å²) in [4.78, 5) is 22.4. The highest BCUT2D eigenvalue weighted by molar-refractivity contribution is 9.08. The second kappa shape index (κ2) is 6.29. The number of nitro benzene ring substituents is 1. The monoisotopic (exact) mass is 334 g/mol. The minimum absolute atomic E-state index is 0.127. The van der Waals surface area contributed by atoms with Crippen molar-refractivity contribution < 1.29 is 9.72 Å². The zero-order chi connectivity index (χ0) is 14.5. The number of para-hydroxylation sites is 2. The van der Waals surface area contributed by atoms with Crippen LogP contribution in [0.2, 0.25) is 0 Å². The van der Waals surface area contributed by atoms with E-state index in [1.807, 2.05) is 12.1 Å². The average molecular weight is 335 g/mol. The molecule has 0 aromatic heterocycles. The Morgan fingerprint density at radius 2 is 1.80 bits per heavy atom. The van der Waals surface area contributed by atoms with Crippen molar-refractivity contribution in [1.82, 2.24) is 0 Å². The molecule has 1 N–H and O–H groups in total. The summed E-state index contributed by atoms with van der Waals surface area (Å²) in [6, 6.07) is 13.1. The summed E-state index contributed by atoms with van der Waals surface area (Å²) in [7, 11) is 0. The number of nitro groups is 1. The molecule has 0 aliphatic rings. The van der Waals surface area contributed by atoms with Crippen LogP contribution >= 0.6 is 15.9 Å². The SMILES string of the molecule is O=C(Nc1ccccc1[N+](=O)[O-])c1ccc(CBr)cc1. The number of carbonyl (C=O) groups is 1. The van der Waals surface area contributed by atoms with Gasteiger partial charge in [0.25, 0.3) is 11.6 Å². The van der Waals surface area contributed by atoms with Crippen molar-refractivity contribution in [3.63, 3.8) is 0 Å². The molecule has 0 aliphatic heterocycles. The predicted octanol–water partition coefficient (Wildman–Crippen LogP) is 3.74. The van der Waals surface area contributed by atoms with Crippen LogP contribution in [-0.2, 0) is 5.33 Å². The molecule has 0 bridgehead atoms. The quantitative estimate of drug-likeness (QED) is 0.525. The molecule has 0 radical (unpaired) electrons. The van der Waals surface area contributed by atoms with Crippen molar-refractivity contribution in [3.05, 3.63) is 69.8 Å². The van der Waals surface area contributed by atoms with Gasteiger partial charge in [0.1, 0.15) is 5.69 Å². The molecule has 0 atom stereocenters. The second-order valence-electron chi connectivity index (χ2n) is 4.06. The number of nitrogens with zero attached hydrogens (tertiary/aromatic N) is 1. The Morgan fingerprint density at radius 1 is 1.15 bits per heavy atom.